The Morgan fingerprint density at radius 2 is 1.89 bits per heavy atom. The van der Waals surface area contributed by atoms with E-state index in [-0.39, 0.29) is 5.91 Å². The van der Waals surface area contributed by atoms with Crippen LogP contribution in [0.25, 0.3) is 31.7 Å². The van der Waals surface area contributed by atoms with Crippen LogP contribution < -0.4 is 5.32 Å². The Morgan fingerprint density at radius 1 is 1.06 bits per heavy atom. The molecule has 1 fully saturated rings. The number of nitrogens with one attached hydrogen (secondary N) is 2. The molecule has 0 saturated carbocycles. The van der Waals surface area contributed by atoms with Crippen LogP contribution in [0.1, 0.15) is 16.3 Å². The number of hydrogen-bond acceptors (Lipinski definition) is 6. The van der Waals surface area contributed by atoms with E-state index in [0.717, 1.165) is 69.6 Å². The van der Waals surface area contributed by atoms with Crippen molar-refractivity contribution in [3.63, 3.8) is 0 Å². The molecule has 35 heavy (non-hydrogen) atoms. The van der Waals surface area contributed by atoms with Gasteiger partial charge in [0.05, 0.1) is 32.7 Å². The second kappa shape index (κ2) is 8.51. The molecule has 1 saturated heterocycles. The summed E-state index contributed by atoms with van der Waals surface area (Å²) in [5.41, 5.74) is 6.15. The molecule has 0 unspecified atom stereocenters. The van der Waals surface area contributed by atoms with Gasteiger partial charge in [-0.3, -0.25) is 9.78 Å². The Labute approximate surface area is 207 Å². The molecular formula is C26H27N7OS. The van der Waals surface area contributed by atoms with Crippen LogP contribution in [0.4, 0.5) is 11.4 Å². The number of carbonyl (C=O) groups excluding carboxylic acids is 1. The molecule has 1 aliphatic rings. The van der Waals surface area contributed by atoms with Gasteiger partial charge in [-0.05, 0) is 50.4 Å². The van der Waals surface area contributed by atoms with Crippen molar-refractivity contribution in [2.24, 2.45) is 7.05 Å². The normalized spacial score (nSPS) is 14.8. The molecule has 9 heteroatoms. The topological polar surface area (TPSA) is 82.1 Å². The van der Waals surface area contributed by atoms with E-state index < -0.39 is 0 Å². The first-order chi connectivity index (χ1) is 17.0. The maximum atomic E-state index is 13.1. The largest absolute Gasteiger partial charge is 0.359 e. The molecular weight excluding hydrogens is 458 g/mol. The fraction of sp³-hybridized carbons (Fsp3) is 0.269. The number of rotatable bonds is 4. The van der Waals surface area contributed by atoms with E-state index in [1.165, 1.54) is 5.39 Å². The molecule has 1 aromatic carbocycles. The molecule has 0 aliphatic carbocycles. The fourth-order valence-electron chi connectivity index (χ4n) is 4.66. The van der Waals surface area contributed by atoms with Crippen molar-refractivity contribution in [1.82, 2.24) is 29.3 Å². The van der Waals surface area contributed by atoms with E-state index in [4.69, 9.17) is 0 Å². The first kappa shape index (κ1) is 21.8. The quantitative estimate of drug-likeness (QED) is 0.388. The highest BCUT2D eigenvalue weighted by molar-refractivity contribution is 7.22. The lowest BCUT2D eigenvalue weighted by atomic mass is 10.2. The SMILES string of the molecule is Cc1cc2cc(Nc3ccnc4cc(-c5cnc(C(=O)N6CCN(C)CC6)n5C)sc34)ccc2[nH]1. The van der Waals surface area contributed by atoms with Gasteiger partial charge in [0.25, 0.3) is 5.91 Å². The van der Waals surface area contributed by atoms with Crippen molar-refractivity contribution >= 4 is 49.7 Å². The second-order valence-electron chi connectivity index (χ2n) is 9.18. The number of amides is 1. The van der Waals surface area contributed by atoms with Crippen LogP contribution in [0.15, 0.2) is 48.8 Å². The first-order valence-corrected chi connectivity index (χ1v) is 12.5. The molecule has 178 valence electrons. The van der Waals surface area contributed by atoms with E-state index in [2.05, 4.69) is 69.5 Å². The van der Waals surface area contributed by atoms with E-state index in [0.29, 0.717) is 5.82 Å². The summed E-state index contributed by atoms with van der Waals surface area (Å²) in [6, 6.07) is 12.5. The van der Waals surface area contributed by atoms with Crippen LogP contribution in [0, 0.1) is 6.92 Å². The first-order valence-electron chi connectivity index (χ1n) is 11.7. The fourth-order valence-corrected chi connectivity index (χ4v) is 5.79. The standard InChI is InChI=1S/C26H27N7OS/c1-16-12-17-13-18(4-5-19(17)29-16)30-20-6-7-27-21-14-23(35-24(20)21)22-15-28-25(32(22)3)26(34)33-10-8-31(2)9-11-33/h4-7,12-15,29H,8-11H2,1-3H3,(H,27,30). The number of hydrogen-bond donors (Lipinski definition) is 2. The Bertz CT molecular complexity index is 1550. The van der Waals surface area contributed by atoms with Gasteiger partial charge < -0.3 is 24.7 Å². The number of thiophene rings is 1. The van der Waals surface area contributed by atoms with Gasteiger partial charge in [-0.1, -0.05) is 0 Å². The Balaban J connectivity index is 1.30. The summed E-state index contributed by atoms with van der Waals surface area (Å²) in [5.74, 6) is 0.465. The van der Waals surface area contributed by atoms with E-state index in [9.17, 15) is 4.79 Å². The number of imidazole rings is 1. The van der Waals surface area contributed by atoms with Crippen molar-refractivity contribution in [3.05, 3.63) is 60.3 Å². The zero-order valence-corrected chi connectivity index (χ0v) is 20.8. The predicted octanol–water partition coefficient (Wildman–Crippen LogP) is 4.62. The van der Waals surface area contributed by atoms with Crippen LogP contribution in [0.2, 0.25) is 0 Å². The lowest BCUT2D eigenvalue weighted by Crippen LogP contribution is -2.47. The van der Waals surface area contributed by atoms with Gasteiger partial charge in [0, 0.05) is 61.7 Å². The van der Waals surface area contributed by atoms with Gasteiger partial charge in [0.2, 0.25) is 0 Å². The van der Waals surface area contributed by atoms with E-state index in [1.807, 2.05) is 28.8 Å². The molecule has 1 aliphatic heterocycles. The number of aryl methyl sites for hydroxylation is 1. The Kier molecular flexibility index (Phi) is 5.31. The number of pyridine rings is 1. The number of likely N-dealkylation sites (N-methyl/N-ethyl adjacent to an activating group) is 1. The average molecular weight is 486 g/mol. The highest BCUT2D eigenvalue weighted by Crippen LogP contribution is 2.38. The van der Waals surface area contributed by atoms with Crippen LogP contribution in [0.5, 0.6) is 0 Å². The Morgan fingerprint density at radius 3 is 2.71 bits per heavy atom. The molecule has 6 rings (SSSR count). The van der Waals surface area contributed by atoms with Gasteiger partial charge in [0.1, 0.15) is 0 Å². The summed E-state index contributed by atoms with van der Waals surface area (Å²) >= 11 is 1.66. The molecule has 2 N–H and O–H groups in total. The lowest BCUT2D eigenvalue weighted by molar-refractivity contribution is 0.0648. The van der Waals surface area contributed by atoms with Crippen molar-refractivity contribution in [1.29, 1.82) is 0 Å². The summed E-state index contributed by atoms with van der Waals surface area (Å²) in [6.45, 7) is 5.30. The van der Waals surface area contributed by atoms with E-state index in [1.54, 1.807) is 17.5 Å². The third-order valence-electron chi connectivity index (χ3n) is 6.67. The van der Waals surface area contributed by atoms with Gasteiger partial charge in [0.15, 0.2) is 5.82 Å². The minimum Gasteiger partial charge on any atom is -0.359 e. The molecule has 0 atom stereocenters. The number of benzene rings is 1. The van der Waals surface area contributed by atoms with Crippen LogP contribution >= 0.6 is 11.3 Å². The number of fused-ring (bicyclic) bond motifs is 2. The molecule has 5 heterocycles. The summed E-state index contributed by atoms with van der Waals surface area (Å²) in [5, 5.41) is 4.74. The highest BCUT2D eigenvalue weighted by atomic mass is 32.1. The highest BCUT2D eigenvalue weighted by Gasteiger charge is 2.25. The summed E-state index contributed by atoms with van der Waals surface area (Å²) in [6.07, 6.45) is 3.62. The average Bonchev–Trinajstić information content (AvgIpc) is 3.54. The van der Waals surface area contributed by atoms with Gasteiger partial charge in [-0.15, -0.1) is 11.3 Å². The maximum Gasteiger partial charge on any atom is 0.289 e. The number of nitrogens with zero attached hydrogens (tertiary/aromatic N) is 5. The molecule has 0 radical (unpaired) electrons. The van der Waals surface area contributed by atoms with Gasteiger partial charge in [-0.25, -0.2) is 4.98 Å². The monoisotopic (exact) mass is 485 g/mol. The molecule has 0 spiro atoms. The van der Waals surface area contributed by atoms with E-state index >= 15 is 0 Å². The number of anilines is 2. The summed E-state index contributed by atoms with van der Waals surface area (Å²) < 4.78 is 2.97. The molecule has 4 aromatic heterocycles. The zero-order chi connectivity index (χ0) is 24.1. The zero-order valence-electron chi connectivity index (χ0n) is 20.0. The van der Waals surface area contributed by atoms with Crippen LogP contribution in [-0.2, 0) is 7.05 Å². The molecule has 1 amide bonds. The van der Waals surface area contributed by atoms with Gasteiger partial charge >= 0.3 is 0 Å². The maximum absolute atomic E-state index is 13.1. The van der Waals surface area contributed by atoms with Gasteiger partial charge in [-0.2, -0.15) is 0 Å². The molecule has 5 aromatic rings. The minimum atomic E-state index is -0.0103. The van der Waals surface area contributed by atoms with Crippen molar-refractivity contribution < 1.29 is 4.79 Å². The number of H-pyrrole nitrogens is 1. The third kappa shape index (κ3) is 3.96. The number of aromatic nitrogens is 4. The number of carbonyl (C=O) groups is 1. The minimum absolute atomic E-state index is 0.0103. The summed E-state index contributed by atoms with van der Waals surface area (Å²) in [4.78, 5) is 30.7. The van der Waals surface area contributed by atoms with Crippen molar-refractivity contribution in [2.45, 2.75) is 6.92 Å². The van der Waals surface area contributed by atoms with Crippen LogP contribution in [-0.4, -0.2) is 68.5 Å². The third-order valence-corrected chi connectivity index (χ3v) is 7.85. The van der Waals surface area contributed by atoms with Crippen LogP contribution in [0.3, 0.4) is 0 Å². The molecule has 0 bridgehead atoms. The predicted molar refractivity (Wildman–Crippen MR) is 142 cm³/mol. The lowest BCUT2D eigenvalue weighted by Gasteiger charge is -2.32. The second-order valence-corrected chi connectivity index (χ2v) is 10.2. The van der Waals surface area contributed by atoms with Crippen molar-refractivity contribution in [2.75, 3.05) is 38.5 Å². The number of piperazine rings is 1. The van der Waals surface area contributed by atoms with Crippen molar-refractivity contribution in [3.8, 4) is 10.6 Å². The summed E-state index contributed by atoms with van der Waals surface area (Å²) in [7, 11) is 4.00. The number of aromatic amines is 1. The Hall–Kier alpha value is -3.69. The smallest absolute Gasteiger partial charge is 0.289 e. The molecule has 8 nitrogen and oxygen atoms in total.